The van der Waals surface area contributed by atoms with Crippen LogP contribution >= 0.6 is 0 Å². The van der Waals surface area contributed by atoms with Crippen molar-refractivity contribution in [3.8, 4) is 0 Å². The molecular formula is C21H27N4O4+. The largest absolute Gasteiger partial charge is 0.467 e. The Hall–Kier alpha value is -3.13. The fourth-order valence-electron chi connectivity index (χ4n) is 3.42. The average Bonchev–Trinajstić information content (AvgIpc) is 3.25. The number of nitrogens with one attached hydrogen (secondary N) is 2. The van der Waals surface area contributed by atoms with Crippen LogP contribution in [0.4, 0.5) is 5.69 Å². The van der Waals surface area contributed by atoms with Gasteiger partial charge < -0.3 is 24.4 Å². The summed E-state index contributed by atoms with van der Waals surface area (Å²) in [6, 6.07) is 10.6. The number of amides is 3. The van der Waals surface area contributed by atoms with Crippen molar-refractivity contribution in [3.63, 3.8) is 0 Å². The molecule has 0 spiro atoms. The number of carbonyl (C=O) groups excluding carboxylic acids is 3. The van der Waals surface area contributed by atoms with Crippen molar-refractivity contribution in [2.75, 3.05) is 44.7 Å². The summed E-state index contributed by atoms with van der Waals surface area (Å²) in [5.74, 6) is 0.400. The molecule has 1 aliphatic heterocycles. The normalized spacial score (nSPS) is 14.5. The number of benzene rings is 1. The van der Waals surface area contributed by atoms with E-state index < -0.39 is 0 Å². The molecule has 1 fully saturated rings. The Balaban J connectivity index is 1.61. The minimum atomic E-state index is -0.265. The van der Waals surface area contributed by atoms with Gasteiger partial charge in [-0.1, -0.05) is 12.1 Å². The van der Waals surface area contributed by atoms with Crippen LogP contribution in [0.2, 0.25) is 0 Å². The van der Waals surface area contributed by atoms with Gasteiger partial charge in [-0.05, 0) is 24.3 Å². The highest BCUT2D eigenvalue weighted by atomic mass is 16.3. The van der Waals surface area contributed by atoms with Gasteiger partial charge in [-0.3, -0.25) is 14.4 Å². The van der Waals surface area contributed by atoms with Gasteiger partial charge in [0.15, 0.2) is 6.54 Å². The minimum Gasteiger partial charge on any atom is -0.467 e. The van der Waals surface area contributed by atoms with Gasteiger partial charge in [-0.25, -0.2) is 0 Å². The number of hydrogen-bond donors (Lipinski definition) is 2. The van der Waals surface area contributed by atoms with Crippen molar-refractivity contribution in [1.82, 2.24) is 10.2 Å². The van der Waals surface area contributed by atoms with Crippen LogP contribution in [-0.2, 0) is 16.1 Å². The van der Waals surface area contributed by atoms with E-state index in [0.29, 0.717) is 36.6 Å². The first kappa shape index (κ1) is 20.6. The van der Waals surface area contributed by atoms with Crippen molar-refractivity contribution in [3.05, 3.63) is 54.0 Å². The molecule has 2 N–H and O–H groups in total. The third kappa shape index (κ3) is 5.23. The topological polar surface area (TPSA) is 87.3 Å². The Morgan fingerprint density at radius 2 is 1.86 bits per heavy atom. The molecule has 8 nitrogen and oxygen atoms in total. The second-order valence-electron chi connectivity index (χ2n) is 7.16. The molecule has 0 aliphatic carbocycles. The molecule has 0 unspecified atom stereocenters. The number of carbonyl (C=O) groups is 3. The summed E-state index contributed by atoms with van der Waals surface area (Å²) in [4.78, 5) is 41.4. The molecule has 0 saturated carbocycles. The van der Waals surface area contributed by atoms with E-state index in [1.165, 1.54) is 4.90 Å². The highest BCUT2D eigenvalue weighted by Gasteiger charge is 2.26. The number of likely N-dealkylation sites (N-methyl/N-ethyl adjacent to an activating group) is 1. The molecule has 2 aromatic rings. The van der Waals surface area contributed by atoms with Crippen LogP contribution in [0.3, 0.4) is 0 Å². The first-order chi connectivity index (χ1) is 14.0. The standard InChI is InChI=1S/C21H26N4O4/c1-16(26)25-11-9-24(10-12-25)15-20(27)23(2)19-8-4-3-7-18(19)21(28)22-14-17-6-5-13-29-17/h3-8,13H,9-12,14-15H2,1-2H3,(H,22,28)/p+1. The zero-order chi connectivity index (χ0) is 20.8. The second kappa shape index (κ2) is 9.38. The quantitative estimate of drug-likeness (QED) is 0.711. The number of nitrogens with zero attached hydrogens (tertiary/aromatic N) is 2. The molecule has 2 heterocycles. The zero-order valence-corrected chi connectivity index (χ0v) is 16.8. The highest BCUT2D eigenvalue weighted by molar-refractivity contribution is 6.04. The van der Waals surface area contributed by atoms with E-state index in [-0.39, 0.29) is 24.3 Å². The predicted octanol–water partition coefficient (Wildman–Crippen LogP) is -0.0806. The average molecular weight is 399 g/mol. The number of piperazine rings is 1. The van der Waals surface area contributed by atoms with Crippen molar-refractivity contribution in [1.29, 1.82) is 0 Å². The molecule has 1 aromatic carbocycles. The molecule has 1 aromatic heterocycles. The molecule has 1 aliphatic rings. The van der Waals surface area contributed by atoms with Gasteiger partial charge >= 0.3 is 0 Å². The lowest BCUT2D eigenvalue weighted by molar-refractivity contribution is -0.895. The Kier molecular flexibility index (Phi) is 6.66. The van der Waals surface area contributed by atoms with E-state index in [0.717, 1.165) is 18.0 Å². The Labute approximate surface area is 170 Å². The van der Waals surface area contributed by atoms with Gasteiger partial charge in [0, 0.05) is 14.0 Å². The van der Waals surface area contributed by atoms with Gasteiger partial charge in [0.2, 0.25) is 5.91 Å². The first-order valence-corrected chi connectivity index (χ1v) is 9.71. The van der Waals surface area contributed by atoms with E-state index in [2.05, 4.69) is 5.32 Å². The summed E-state index contributed by atoms with van der Waals surface area (Å²) in [5, 5.41) is 2.82. The van der Waals surface area contributed by atoms with Gasteiger partial charge in [0.1, 0.15) is 5.76 Å². The number of anilines is 1. The number of furan rings is 1. The van der Waals surface area contributed by atoms with Crippen LogP contribution in [0.25, 0.3) is 0 Å². The van der Waals surface area contributed by atoms with E-state index >= 15 is 0 Å². The van der Waals surface area contributed by atoms with E-state index in [9.17, 15) is 14.4 Å². The Morgan fingerprint density at radius 3 is 2.52 bits per heavy atom. The van der Waals surface area contributed by atoms with E-state index in [4.69, 9.17) is 4.42 Å². The molecule has 3 rings (SSSR count). The maximum atomic E-state index is 12.8. The molecule has 8 heteroatoms. The summed E-state index contributed by atoms with van der Waals surface area (Å²) < 4.78 is 5.24. The minimum absolute atomic E-state index is 0.0671. The maximum absolute atomic E-state index is 12.8. The Bertz CT molecular complexity index is 857. The first-order valence-electron chi connectivity index (χ1n) is 9.71. The monoisotopic (exact) mass is 399 g/mol. The molecule has 154 valence electrons. The van der Waals surface area contributed by atoms with Crippen LogP contribution < -0.4 is 15.1 Å². The maximum Gasteiger partial charge on any atom is 0.281 e. The smallest absolute Gasteiger partial charge is 0.281 e. The molecular weight excluding hydrogens is 372 g/mol. The fraction of sp³-hybridized carbons (Fsp3) is 0.381. The van der Waals surface area contributed by atoms with Crippen molar-refractivity contribution in [2.24, 2.45) is 0 Å². The summed E-state index contributed by atoms with van der Waals surface area (Å²) in [6.45, 7) is 4.97. The lowest BCUT2D eigenvalue weighted by Crippen LogP contribution is -3.15. The van der Waals surface area contributed by atoms with Crippen molar-refractivity contribution in [2.45, 2.75) is 13.5 Å². The van der Waals surface area contributed by atoms with Crippen LogP contribution in [-0.4, -0.2) is 62.4 Å². The summed E-state index contributed by atoms with van der Waals surface area (Å²) in [5.41, 5.74) is 1.00. The lowest BCUT2D eigenvalue weighted by atomic mass is 10.1. The second-order valence-corrected chi connectivity index (χ2v) is 7.16. The Morgan fingerprint density at radius 1 is 1.14 bits per heavy atom. The van der Waals surface area contributed by atoms with Gasteiger partial charge in [-0.2, -0.15) is 0 Å². The SMILES string of the molecule is CC(=O)N1CC[NH+](CC(=O)N(C)c2ccccc2C(=O)NCc2ccco2)CC1. The van der Waals surface area contributed by atoms with Crippen molar-refractivity contribution >= 4 is 23.4 Å². The van der Waals surface area contributed by atoms with Crippen LogP contribution in [0.5, 0.6) is 0 Å². The summed E-state index contributed by atoms with van der Waals surface area (Å²) in [6.07, 6.45) is 1.56. The molecule has 3 amide bonds. The van der Waals surface area contributed by atoms with E-state index in [1.807, 2.05) is 0 Å². The molecule has 0 atom stereocenters. The molecule has 0 radical (unpaired) electrons. The zero-order valence-electron chi connectivity index (χ0n) is 16.8. The third-order valence-corrected chi connectivity index (χ3v) is 5.20. The molecule has 0 bridgehead atoms. The number of hydrogen-bond acceptors (Lipinski definition) is 4. The van der Waals surface area contributed by atoms with Gasteiger partial charge in [0.05, 0.1) is 50.2 Å². The van der Waals surface area contributed by atoms with E-state index in [1.54, 1.807) is 61.5 Å². The number of para-hydroxylation sites is 1. The predicted molar refractivity (Wildman–Crippen MR) is 108 cm³/mol. The van der Waals surface area contributed by atoms with Gasteiger partial charge in [-0.15, -0.1) is 0 Å². The van der Waals surface area contributed by atoms with Crippen molar-refractivity contribution < 1.29 is 23.7 Å². The molecule has 1 saturated heterocycles. The number of rotatable bonds is 6. The fourth-order valence-corrected chi connectivity index (χ4v) is 3.42. The molecule has 29 heavy (non-hydrogen) atoms. The summed E-state index contributed by atoms with van der Waals surface area (Å²) in [7, 11) is 1.69. The lowest BCUT2D eigenvalue weighted by Gasteiger charge is -2.32. The van der Waals surface area contributed by atoms with Crippen LogP contribution in [0.1, 0.15) is 23.0 Å². The van der Waals surface area contributed by atoms with Crippen LogP contribution in [0, 0.1) is 0 Å². The highest BCUT2D eigenvalue weighted by Crippen LogP contribution is 2.19. The van der Waals surface area contributed by atoms with Gasteiger partial charge in [0.25, 0.3) is 11.8 Å². The summed E-state index contributed by atoms with van der Waals surface area (Å²) >= 11 is 0. The number of quaternary nitrogens is 1. The van der Waals surface area contributed by atoms with Crippen LogP contribution in [0.15, 0.2) is 47.1 Å². The third-order valence-electron chi connectivity index (χ3n) is 5.20.